The molecule has 0 aliphatic carbocycles. The van der Waals surface area contributed by atoms with Crippen molar-refractivity contribution in [2.24, 2.45) is 0 Å². The molecule has 1 aliphatic rings. The molecule has 0 amide bonds. The van der Waals surface area contributed by atoms with Crippen LogP contribution in [0.3, 0.4) is 0 Å². The SMILES string of the molecule is Cc1cc(CN2CCCC2CNc2nc(N)n3nc(-c4ccco4)nc3n2)ccc1F. The van der Waals surface area contributed by atoms with E-state index < -0.39 is 0 Å². The lowest BCUT2D eigenvalue weighted by atomic mass is 10.1. The van der Waals surface area contributed by atoms with E-state index in [-0.39, 0.29) is 11.8 Å². The van der Waals surface area contributed by atoms with Crippen LogP contribution in [0.4, 0.5) is 16.3 Å². The third kappa shape index (κ3) is 3.93. The van der Waals surface area contributed by atoms with Gasteiger partial charge in [-0.15, -0.1) is 5.10 Å². The van der Waals surface area contributed by atoms with Crippen molar-refractivity contribution in [3.63, 3.8) is 0 Å². The molecular formula is C21H23FN8O. The predicted octanol–water partition coefficient (Wildman–Crippen LogP) is 2.89. The Kier molecular flexibility index (Phi) is 4.99. The van der Waals surface area contributed by atoms with E-state index in [1.54, 1.807) is 25.3 Å². The van der Waals surface area contributed by atoms with Gasteiger partial charge in [-0.3, -0.25) is 4.90 Å². The van der Waals surface area contributed by atoms with E-state index in [0.29, 0.717) is 41.5 Å². The molecule has 1 aliphatic heterocycles. The molecule has 1 atom stereocenters. The van der Waals surface area contributed by atoms with Gasteiger partial charge < -0.3 is 15.5 Å². The molecule has 0 saturated carbocycles. The Balaban J connectivity index is 1.28. The largest absolute Gasteiger partial charge is 0.461 e. The van der Waals surface area contributed by atoms with Crippen LogP contribution in [0.15, 0.2) is 41.0 Å². The Morgan fingerprint density at radius 1 is 1.26 bits per heavy atom. The third-order valence-corrected chi connectivity index (χ3v) is 5.58. The molecular weight excluding hydrogens is 399 g/mol. The van der Waals surface area contributed by atoms with Gasteiger partial charge in [-0.25, -0.2) is 4.39 Å². The van der Waals surface area contributed by atoms with Crippen LogP contribution in [-0.4, -0.2) is 48.6 Å². The number of anilines is 2. The Morgan fingerprint density at radius 2 is 2.16 bits per heavy atom. The number of nitrogen functional groups attached to an aromatic ring is 1. The van der Waals surface area contributed by atoms with E-state index in [0.717, 1.165) is 31.5 Å². The second kappa shape index (κ2) is 7.95. The van der Waals surface area contributed by atoms with Crippen molar-refractivity contribution in [2.45, 2.75) is 32.4 Å². The zero-order valence-corrected chi connectivity index (χ0v) is 17.1. The fourth-order valence-electron chi connectivity index (χ4n) is 3.98. The lowest BCUT2D eigenvalue weighted by Crippen LogP contribution is -2.34. The normalized spacial score (nSPS) is 16.9. The zero-order chi connectivity index (χ0) is 21.4. The summed E-state index contributed by atoms with van der Waals surface area (Å²) in [6.07, 6.45) is 3.74. The first-order chi connectivity index (χ1) is 15.1. The van der Waals surface area contributed by atoms with E-state index in [1.165, 1.54) is 10.6 Å². The van der Waals surface area contributed by atoms with Gasteiger partial charge in [0.25, 0.3) is 5.78 Å². The van der Waals surface area contributed by atoms with Gasteiger partial charge in [0, 0.05) is 19.1 Å². The van der Waals surface area contributed by atoms with Crippen molar-refractivity contribution in [3.05, 3.63) is 53.5 Å². The smallest absolute Gasteiger partial charge is 0.259 e. The number of benzene rings is 1. The summed E-state index contributed by atoms with van der Waals surface area (Å²) in [4.78, 5) is 15.5. The fourth-order valence-corrected chi connectivity index (χ4v) is 3.98. The minimum atomic E-state index is -0.169. The molecule has 4 aromatic rings. The number of nitrogens with two attached hydrogens (primary N) is 1. The second-order valence-corrected chi connectivity index (χ2v) is 7.76. The number of likely N-dealkylation sites (tertiary alicyclic amines) is 1. The molecule has 31 heavy (non-hydrogen) atoms. The molecule has 160 valence electrons. The molecule has 1 unspecified atom stereocenters. The quantitative estimate of drug-likeness (QED) is 0.488. The van der Waals surface area contributed by atoms with Crippen molar-refractivity contribution in [2.75, 3.05) is 24.1 Å². The van der Waals surface area contributed by atoms with Gasteiger partial charge in [0.05, 0.1) is 6.26 Å². The van der Waals surface area contributed by atoms with Gasteiger partial charge in [0.2, 0.25) is 17.7 Å². The van der Waals surface area contributed by atoms with Crippen molar-refractivity contribution >= 4 is 17.7 Å². The lowest BCUT2D eigenvalue weighted by Gasteiger charge is -2.25. The number of nitrogens with one attached hydrogen (secondary N) is 1. The van der Waals surface area contributed by atoms with Crippen molar-refractivity contribution < 1.29 is 8.81 Å². The number of hydrogen-bond acceptors (Lipinski definition) is 8. The first-order valence-electron chi connectivity index (χ1n) is 10.2. The van der Waals surface area contributed by atoms with Crippen LogP contribution in [0, 0.1) is 12.7 Å². The summed E-state index contributed by atoms with van der Waals surface area (Å²) in [6.45, 7) is 4.25. The maximum atomic E-state index is 13.6. The van der Waals surface area contributed by atoms with Gasteiger partial charge >= 0.3 is 0 Å². The number of nitrogens with zero attached hydrogens (tertiary/aromatic N) is 6. The zero-order valence-electron chi connectivity index (χ0n) is 17.1. The number of fused-ring (bicyclic) bond motifs is 1. The first kappa shape index (κ1) is 19.4. The maximum Gasteiger partial charge on any atom is 0.259 e. The average molecular weight is 422 g/mol. The predicted molar refractivity (Wildman–Crippen MR) is 114 cm³/mol. The van der Waals surface area contributed by atoms with E-state index in [2.05, 4.69) is 30.3 Å². The maximum absolute atomic E-state index is 13.6. The van der Waals surface area contributed by atoms with Crippen LogP contribution < -0.4 is 11.1 Å². The molecule has 0 radical (unpaired) electrons. The fraction of sp³-hybridized carbons (Fsp3) is 0.333. The molecule has 1 aromatic carbocycles. The monoisotopic (exact) mass is 422 g/mol. The summed E-state index contributed by atoms with van der Waals surface area (Å²) in [5.41, 5.74) is 7.85. The van der Waals surface area contributed by atoms with Crippen LogP contribution in [-0.2, 0) is 6.54 Å². The number of furan rings is 1. The Labute approximate surface area is 178 Å². The number of hydrogen-bond donors (Lipinski definition) is 2. The Morgan fingerprint density at radius 3 is 2.97 bits per heavy atom. The van der Waals surface area contributed by atoms with Gasteiger partial charge in [-0.1, -0.05) is 12.1 Å². The minimum Gasteiger partial charge on any atom is -0.461 e. The van der Waals surface area contributed by atoms with E-state index in [4.69, 9.17) is 10.2 Å². The standard InChI is InChI=1S/C21H23FN8O/c1-13-10-14(6-7-16(13)22)12-29-8-2-4-15(29)11-24-20-26-19(23)30-21(27-20)25-18(28-30)17-5-3-9-31-17/h3,5-7,9-10,15H,2,4,8,11-12H2,1H3,(H3,23,24,25,26,27,28). The van der Waals surface area contributed by atoms with Gasteiger partial charge in [0.15, 0.2) is 5.76 Å². The summed E-state index contributed by atoms with van der Waals surface area (Å²) >= 11 is 0. The summed E-state index contributed by atoms with van der Waals surface area (Å²) in [7, 11) is 0. The second-order valence-electron chi connectivity index (χ2n) is 7.76. The molecule has 9 nitrogen and oxygen atoms in total. The van der Waals surface area contributed by atoms with Gasteiger partial charge in [-0.05, 0) is 55.6 Å². The first-order valence-corrected chi connectivity index (χ1v) is 10.2. The topological polar surface area (TPSA) is 110 Å². The van der Waals surface area contributed by atoms with Crippen molar-refractivity contribution in [1.29, 1.82) is 0 Å². The van der Waals surface area contributed by atoms with E-state index >= 15 is 0 Å². The Bertz CT molecular complexity index is 1210. The lowest BCUT2D eigenvalue weighted by molar-refractivity contribution is 0.254. The highest BCUT2D eigenvalue weighted by molar-refractivity contribution is 5.52. The van der Waals surface area contributed by atoms with Crippen LogP contribution in [0.1, 0.15) is 24.0 Å². The average Bonchev–Trinajstić information content (AvgIpc) is 3.49. The van der Waals surface area contributed by atoms with Crippen molar-refractivity contribution in [3.8, 4) is 11.6 Å². The summed E-state index contributed by atoms with van der Waals surface area (Å²) in [5.74, 6) is 1.73. The van der Waals surface area contributed by atoms with Crippen molar-refractivity contribution in [1.82, 2.24) is 29.5 Å². The molecule has 0 bridgehead atoms. The van der Waals surface area contributed by atoms with Crippen LogP contribution in [0.2, 0.25) is 0 Å². The molecule has 10 heteroatoms. The van der Waals surface area contributed by atoms with Gasteiger partial charge in [-0.2, -0.15) is 19.5 Å². The van der Waals surface area contributed by atoms with E-state index in [1.807, 2.05) is 12.1 Å². The summed E-state index contributed by atoms with van der Waals surface area (Å²) in [5, 5.41) is 7.60. The minimum absolute atomic E-state index is 0.169. The molecule has 4 heterocycles. The number of halogens is 1. The third-order valence-electron chi connectivity index (χ3n) is 5.58. The molecule has 3 N–H and O–H groups in total. The van der Waals surface area contributed by atoms with E-state index in [9.17, 15) is 4.39 Å². The molecule has 1 saturated heterocycles. The van der Waals surface area contributed by atoms with Gasteiger partial charge in [0.1, 0.15) is 5.82 Å². The molecule has 1 fully saturated rings. The number of rotatable bonds is 6. The summed E-state index contributed by atoms with van der Waals surface area (Å²) in [6, 6.07) is 9.17. The summed E-state index contributed by atoms with van der Waals surface area (Å²) < 4.78 is 20.3. The highest BCUT2D eigenvalue weighted by Gasteiger charge is 2.25. The molecule has 5 rings (SSSR count). The number of aryl methyl sites for hydroxylation is 1. The van der Waals surface area contributed by atoms with Crippen LogP contribution >= 0.6 is 0 Å². The highest BCUT2D eigenvalue weighted by Crippen LogP contribution is 2.22. The van der Waals surface area contributed by atoms with Crippen LogP contribution in [0.25, 0.3) is 17.4 Å². The molecule has 0 spiro atoms. The van der Waals surface area contributed by atoms with Crippen LogP contribution in [0.5, 0.6) is 0 Å². The Hall–Kier alpha value is -3.53. The number of aromatic nitrogens is 5. The molecule has 3 aromatic heterocycles. The highest BCUT2D eigenvalue weighted by atomic mass is 19.1.